The van der Waals surface area contributed by atoms with Crippen molar-refractivity contribution >= 4 is 23.5 Å². The van der Waals surface area contributed by atoms with Crippen LogP contribution >= 0.6 is 11.6 Å². The Morgan fingerprint density at radius 2 is 2.11 bits per heavy atom. The molecular weight excluding hydrogens is 258 g/mol. The van der Waals surface area contributed by atoms with Crippen LogP contribution in [0.15, 0.2) is 0 Å². The van der Waals surface area contributed by atoms with Gasteiger partial charge in [0.1, 0.15) is 5.54 Å². The maximum Gasteiger partial charge on any atom is 0.322 e. The number of methoxy groups -OCH3 is 1. The normalized spacial score (nSPS) is 18.4. The molecule has 0 spiro atoms. The van der Waals surface area contributed by atoms with E-state index >= 15 is 0 Å². The number of hydrogen-bond donors (Lipinski definition) is 1. The minimum atomic E-state index is -0.742. The Kier molecular flexibility index (Phi) is 3.25. The van der Waals surface area contributed by atoms with Crippen LogP contribution in [0.1, 0.15) is 13.8 Å². The summed E-state index contributed by atoms with van der Waals surface area (Å²) in [4.78, 5) is 25.6. The molecule has 0 aromatic carbocycles. The highest BCUT2D eigenvalue weighted by Gasteiger charge is 2.39. The largest absolute Gasteiger partial charge is 0.467 e. The summed E-state index contributed by atoms with van der Waals surface area (Å²) in [5.41, 5.74) is -0.742. The van der Waals surface area contributed by atoms with Crippen LogP contribution in [-0.4, -0.2) is 46.6 Å². The van der Waals surface area contributed by atoms with E-state index in [1.54, 1.807) is 18.7 Å². The maximum atomic E-state index is 11.9. The van der Waals surface area contributed by atoms with Crippen LogP contribution in [-0.2, 0) is 4.79 Å². The molecular formula is C10H14ClN5O2. The van der Waals surface area contributed by atoms with E-state index in [4.69, 9.17) is 16.3 Å². The summed E-state index contributed by atoms with van der Waals surface area (Å²) < 4.78 is 4.95. The first kappa shape index (κ1) is 12.8. The Bertz CT molecular complexity index is 479. The minimum Gasteiger partial charge on any atom is -0.467 e. The van der Waals surface area contributed by atoms with E-state index in [2.05, 4.69) is 20.3 Å². The third kappa shape index (κ3) is 2.17. The number of carbonyl (C=O) groups excluding carboxylic acids is 1. The number of nitrogens with zero attached hydrogens (tertiary/aromatic N) is 4. The molecule has 2 heterocycles. The van der Waals surface area contributed by atoms with Crippen molar-refractivity contribution < 1.29 is 9.53 Å². The lowest BCUT2D eigenvalue weighted by molar-refractivity contribution is -0.126. The number of piperazine rings is 1. The Balaban J connectivity index is 2.41. The predicted molar refractivity (Wildman–Crippen MR) is 65.8 cm³/mol. The van der Waals surface area contributed by atoms with Crippen LogP contribution in [0.2, 0.25) is 5.28 Å². The molecule has 18 heavy (non-hydrogen) atoms. The SMILES string of the molecule is COc1nc(Cl)nc(N2CCNC(=O)C2(C)C)n1. The molecule has 1 amide bonds. The fourth-order valence-corrected chi connectivity index (χ4v) is 1.93. The summed E-state index contributed by atoms with van der Waals surface area (Å²) in [6.45, 7) is 4.73. The summed E-state index contributed by atoms with van der Waals surface area (Å²) in [6, 6.07) is 0.131. The molecule has 1 N–H and O–H groups in total. The van der Waals surface area contributed by atoms with Crippen molar-refractivity contribution in [3.05, 3.63) is 5.28 Å². The summed E-state index contributed by atoms with van der Waals surface area (Å²) in [5.74, 6) is 0.260. The van der Waals surface area contributed by atoms with Crippen molar-refractivity contribution in [2.45, 2.75) is 19.4 Å². The number of nitrogens with one attached hydrogen (secondary N) is 1. The van der Waals surface area contributed by atoms with Gasteiger partial charge in [0.15, 0.2) is 0 Å². The monoisotopic (exact) mass is 271 g/mol. The van der Waals surface area contributed by atoms with Crippen molar-refractivity contribution in [3.63, 3.8) is 0 Å². The molecule has 1 aliphatic heterocycles. The average Bonchev–Trinajstić information content (AvgIpc) is 2.31. The molecule has 8 heteroatoms. The number of halogens is 1. The van der Waals surface area contributed by atoms with Crippen molar-refractivity contribution in [1.82, 2.24) is 20.3 Å². The van der Waals surface area contributed by atoms with Crippen LogP contribution in [0.5, 0.6) is 6.01 Å². The molecule has 0 aliphatic carbocycles. The van der Waals surface area contributed by atoms with E-state index in [0.29, 0.717) is 19.0 Å². The smallest absolute Gasteiger partial charge is 0.322 e. The molecule has 0 bridgehead atoms. The quantitative estimate of drug-likeness (QED) is 0.830. The van der Waals surface area contributed by atoms with E-state index < -0.39 is 5.54 Å². The molecule has 0 saturated carbocycles. The zero-order chi connectivity index (χ0) is 13.3. The molecule has 98 valence electrons. The lowest BCUT2D eigenvalue weighted by Gasteiger charge is -2.40. The van der Waals surface area contributed by atoms with E-state index in [-0.39, 0.29) is 17.2 Å². The minimum absolute atomic E-state index is 0.0404. The molecule has 2 rings (SSSR count). The summed E-state index contributed by atoms with van der Waals surface area (Å²) >= 11 is 5.81. The van der Waals surface area contributed by atoms with E-state index in [0.717, 1.165) is 0 Å². The fraction of sp³-hybridized carbons (Fsp3) is 0.600. The van der Waals surface area contributed by atoms with Crippen LogP contribution in [0.3, 0.4) is 0 Å². The summed E-state index contributed by atoms with van der Waals surface area (Å²) in [7, 11) is 1.45. The van der Waals surface area contributed by atoms with Gasteiger partial charge < -0.3 is 15.0 Å². The number of carbonyl (C=O) groups is 1. The van der Waals surface area contributed by atoms with Gasteiger partial charge in [0.25, 0.3) is 0 Å². The first-order chi connectivity index (χ1) is 8.45. The first-order valence-electron chi connectivity index (χ1n) is 5.46. The lowest BCUT2D eigenvalue weighted by atomic mass is 10.00. The molecule has 1 aliphatic rings. The Hall–Kier alpha value is -1.63. The number of anilines is 1. The van der Waals surface area contributed by atoms with Crippen LogP contribution in [0, 0.1) is 0 Å². The standard InChI is InChI=1S/C10H14ClN5O2/c1-10(2)6(17)12-4-5-16(10)8-13-7(11)14-9(15-8)18-3/h4-5H2,1-3H3,(H,12,17). The molecule has 0 atom stereocenters. The number of rotatable bonds is 2. The highest BCUT2D eigenvalue weighted by molar-refractivity contribution is 6.28. The van der Waals surface area contributed by atoms with Gasteiger partial charge in [-0.15, -0.1) is 0 Å². The molecule has 1 aromatic rings. The third-order valence-electron chi connectivity index (χ3n) is 2.85. The number of amides is 1. The molecule has 1 saturated heterocycles. The second-order valence-corrected chi connectivity index (χ2v) is 4.70. The number of hydrogen-bond acceptors (Lipinski definition) is 6. The van der Waals surface area contributed by atoms with Gasteiger partial charge in [-0.25, -0.2) is 0 Å². The second-order valence-electron chi connectivity index (χ2n) is 4.36. The highest BCUT2D eigenvalue weighted by Crippen LogP contribution is 2.24. The number of ether oxygens (including phenoxy) is 1. The molecule has 7 nitrogen and oxygen atoms in total. The maximum absolute atomic E-state index is 11.9. The van der Waals surface area contributed by atoms with Crippen molar-refractivity contribution in [3.8, 4) is 6.01 Å². The molecule has 1 aromatic heterocycles. The van der Waals surface area contributed by atoms with E-state index in [9.17, 15) is 4.79 Å². The van der Waals surface area contributed by atoms with E-state index in [1.165, 1.54) is 7.11 Å². The Morgan fingerprint density at radius 3 is 2.78 bits per heavy atom. The second kappa shape index (κ2) is 4.56. The molecule has 0 radical (unpaired) electrons. The Morgan fingerprint density at radius 1 is 1.39 bits per heavy atom. The Labute approximate surface area is 110 Å². The fourth-order valence-electron chi connectivity index (χ4n) is 1.78. The van der Waals surface area contributed by atoms with Crippen molar-refractivity contribution in [2.24, 2.45) is 0 Å². The average molecular weight is 272 g/mol. The molecule has 0 unspecified atom stereocenters. The van der Waals surface area contributed by atoms with Crippen LogP contribution in [0.4, 0.5) is 5.95 Å². The van der Waals surface area contributed by atoms with Gasteiger partial charge >= 0.3 is 6.01 Å². The topological polar surface area (TPSA) is 80.2 Å². The van der Waals surface area contributed by atoms with Gasteiger partial charge in [0.2, 0.25) is 17.1 Å². The molecule has 1 fully saturated rings. The summed E-state index contributed by atoms with van der Waals surface area (Å²) in [5, 5.41) is 2.84. The zero-order valence-corrected chi connectivity index (χ0v) is 11.2. The predicted octanol–water partition coefficient (Wildman–Crippen LogP) is 0.248. The first-order valence-corrected chi connectivity index (χ1v) is 5.84. The van der Waals surface area contributed by atoms with Crippen LogP contribution < -0.4 is 15.0 Å². The zero-order valence-electron chi connectivity index (χ0n) is 10.4. The van der Waals surface area contributed by atoms with Gasteiger partial charge in [-0.1, -0.05) is 0 Å². The van der Waals surface area contributed by atoms with Crippen molar-refractivity contribution in [1.29, 1.82) is 0 Å². The lowest BCUT2D eigenvalue weighted by Crippen LogP contribution is -2.62. The highest BCUT2D eigenvalue weighted by atomic mass is 35.5. The van der Waals surface area contributed by atoms with Gasteiger partial charge in [-0.2, -0.15) is 15.0 Å². The van der Waals surface area contributed by atoms with Gasteiger partial charge in [-0.3, -0.25) is 4.79 Å². The van der Waals surface area contributed by atoms with E-state index in [1.807, 2.05) is 0 Å². The third-order valence-corrected chi connectivity index (χ3v) is 3.02. The van der Waals surface area contributed by atoms with Gasteiger partial charge in [-0.05, 0) is 25.4 Å². The van der Waals surface area contributed by atoms with Crippen molar-refractivity contribution in [2.75, 3.05) is 25.1 Å². The summed E-state index contributed by atoms with van der Waals surface area (Å²) in [6.07, 6.45) is 0. The van der Waals surface area contributed by atoms with Crippen LogP contribution in [0.25, 0.3) is 0 Å². The number of aromatic nitrogens is 3. The van der Waals surface area contributed by atoms with Gasteiger partial charge in [0, 0.05) is 13.1 Å². The van der Waals surface area contributed by atoms with Gasteiger partial charge in [0.05, 0.1) is 7.11 Å².